The Hall–Kier alpha value is -1.30. The van der Waals surface area contributed by atoms with Crippen LogP contribution in [-0.2, 0) is 0 Å². The maximum atomic E-state index is 11.0. The molecule has 0 unspecified atom stereocenters. The molecular formula is C11H9ClO2. The third-order valence-electron chi connectivity index (χ3n) is 1.68. The highest BCUT2D eigenvalue weighted by Gasteiger charge is 2.02. The maximum absolute atomic E-state index is 11.0. The van der Waals surface area contributed by atoms with Gasteiger partial charge < -0.3 is 5.11 Å². The number of hydrogen-bond donors (Lipinski definition) is 1. The Balaban J connectivity index is 3.07. The lowest BCUT2D eigenvalue weighted by Crippen LogP contribution is -1.92. The average Bonchev–Trinajstić information content (AvgIpc) is 2.15. The first-order valence-electron chi connectivity index (χ1n) is 4.05. The smallest absolute Gasteiger partial charge is 0.159 e. The van der Waals surface area contributed by atoms with Crippen molar-refractivity contribution in [2.45, 2.75) is 6.92 Å². The van der Waals surface area contributed by atoms with Crippen molar-refractivity contribution in [2.24, 2.45) is 0 Å². The summed E-state index contributed by atoms with van der Waals surface area (Å²) in [5.41, 5.74) is 1.18. The van der Waals surface area contributed by atoms with E-state index in [4.69, 9.17) is 16.7 Å². The first-order chi connectivity index (χ1) is 6.65. The lowest BCUT2D eigenvalue weighted by Gasteiger charge is -1.98. The Morgan fingerprint density at radius 1 is 1.57 bits per heavy atom. The summed E-state index contributed by atoms with van der Waals surface area (Å²) in [4.78, 5) is 11.0. The van der Waals surface area contributed by atoms with Gasteiger partial charge in [-0.15, -0.1) is 0 Å². The second-order valence-corrected chi connectivity index (χ2v) is 3.12. The molecule has 0 radical (unpaired) electrons. The molecule has 0 aromatic heterocycles. The van der Waals surface area contributed by atoms with Crippen molar-refractivity contribution in [3.8, 4) is 11.8 Å². The molecule has 14 heavy (non-hydrogen) atoms. The van der Waals surface area contributed by atoms with E-state index in [0.29, 0.717) is 16.1 Å². The second kappa shape index (κ2) is 4.80. The second-order valence-electron chi connectivity index (χ2n) is 2.71. The van der Waals surface area contributed by atoms with Gasteiger partial charge in [-0.3, -0.25) is 4.79 Å². The normalized spacial score (nSPS) is 9.07. The molecule has 0 atom stereocenters. The van der Waals surface area contributed by atoms with Gasteiger partial charge in [-0.1, -0.05) is 29.5 Å². The van der Waals surface area contributed by atoms with Crippen LogP contribution in [0.2, 0.25) is 5.02 Å². The number of Topliss-reactive ketones (excluding diaryl/α,β-unsaturated/α-hetero) is 1. The lowest BCUT2D eigenvalue weighted by atomic mass is 10.1. The summed E-state index contributed by atoms with van der Waals surface area (Å²) in [7, 11) is 0. The van der Waals surface area contributed by atoms with Crippen LogP contribution in [0.5, 0.6) is 0 Å². The van der Waals surface area contributed by atoms with Crippen LogP contribution in [0, 0.1) is 11.8 Å². The van der Waals surface area contributed by atoms with Gasteiger partial charge >= 0.3 is 0 Å². The third-order valence-corrected chi connectivity index (χ3v) is 1.99. The van der Waals surface area contributed by atoms with Crippen molar-refractivity contribution in [2.75, 3.05) is 6.61 Å². The monoisotopic (exact) mass is 208 g/mol. The average molecular weight is 209 g/mol. The fraction of sp³-hybridized carbons (Fsp3) is 0.182. The number of hydrogen-bond acceptors (Lipinski definition) is 2. The van der Waals surface area contributed by atoms with Crippen molar-refractivity contribution in [3.63, 3.8) is 0 Å². The summed E-state index contributed by atoms with van der Waals surface area (Å²) in [6.45, 7) is 1.27. The third kappa shape index (κ3) is 2.59. The lowest BCUT2D eigenvalue weighted by molar-refractivity contribution is 0.101. The summed E-state index contributed by atoms with van der Waals surface area (Å²) in [6.07, 6.45) is 0. The Kier molecular flexibility index (Phi) is 3.70. The SMILES string of the molecule is CC(=O)c1ccc(C#CCO)c(Cl)c1. The number of carbonyl (C=O) groups is 1. The van der Waals surface area contributed by atoms with E-state index in [1.165, 1.54) is 6.92 Å². The molecule has 0 aliphatic rings. The van der Waals surface area contributed by atoms with E-state index in [9.17, 15) is 4.79 Å². The molecule has 0 aliphatic carbocycles. The minimum absolute atomic E-state index is 0.0337. The molecule has 3 heteroatoms. The number of carbonyl (C=O) groups excluding carboxylic acids is 1. The van der Waals surface area contributed by atoms with Crippen molar-refractivity contribution in [3.05, 3.63) is 34.3 Å². The van der Waals surface area contributed by atoms with E-state index in [-0.39, 0.29) is 12.4 Å². The van der Waals surface area contributed by atoms with E-state index in [2.05, 4.69) is 11.8 Å². The molecule has 0 aliphatic heterocycles. The fourth-order valence-corrected chi connectivity index (χ4v) is 1.20. The number of rotatable bonds is 1. The van der Waals surface area contributed by atoms with Crippen LogP contribution >= 0.6 is 11.6 Å². The van der Waals surface area contributed by atoms with Crippen molar-refractivity contribution in [1.82, 2.24) is 0 Å². The Morgan fingerprint density at radius 2 is 2.29 bits per heavy atom. The zero-order chi connectivity index (χ0) is 10.6. The van der Waals surface area contributed by atoms with Gasteiger partial charge in [0.15, 0.2) is 5.78 Å². The predicted molar refractivity (Wildman–Crippen MR) is 55.4 cm³/mol. The zero-order valence-corrected chi connectivity index (χ0v) is 8.43. The first-order valence-corrected chi connectivity index (χ1v) is 4.43. The molecule has 0 fully saturated rings. The molecule has 0 amide bonds. The number of aliphatic hydroxyl groups is 1. The van der Waals surface area contributed by atoms with Gasteiger partial charge in [0, 0.05) is 11.1 Å². The molecule has 0 bridgehead atoms. The molecule has 1 rings (SSSR count). The predicted octanol–water partition coefficient (Wildman–Crippen LogP) is 1.89. The number of aliphatic hydroxyl groups excluding tert-OH is 1. The van der Waals surface area contributed by atoms with Gasteiger partial charge in [-0.25, -0.2) is 0 Å². The zero-order valence-electron chi connectivity index (χ0n) is 7.67. The van der Waals surface area contributed by atoms with E-state index < -0.39 is 0 Å². The standard InChI is InChI=1S/C11H9ClO2/c1-8(14)10-5-4-9(3-2-6-13)11(12)7-10/h4-5,7,13H,6H2,1H3. The topological polar surface area (TPSA) is 37.3 Å². The molecule has 0 saturated carbocycles. The minimum Gasteiger partial charge on any atom is -0.384 e. The Labute approximate surface area is 87.5 Å². The molecule has 2 nitrogen and oxygen atoms in total. The van der Waals surface area contributed by atoms with E-state index in [1.54, 1.807) is 18.2 Å². The highest BCUT2D eigenvalue weighted by atomic mass is 35.5. The molecule has 0 spiro atoms. The molecule has 72 valence electrons. The fourth-order valence-electron chi connectivity index (χ4n) is 0.970. The van der Waals surface area contributed by atoms with Gasteiger partial charge in [0.1, 0.15) is 6.61 Å². The van der Waals surface area contributed by atoms with Crippen LogP contribution < -0.4 is 0 Å². The van der Waals surface area contributed by atoms with Crippen LogP contribution in [0.3, 0.4) is 0 Å². The molecule has 0 saturated heterocycles. The number of benzene rings is 1. The summed E-state index contributed by atoms with van der Waals surface area (Å²) in [5, 5.41) is 8.92. The Morgan fingerprint density at radius 3 is 2.79 bits per heavy atom. The summed E-state index contributed by atoms with van der Waals surface area (Å²) < 4.78 is 0. The number of ketones is 1. The highest BCUT2D eigenvalue weighted by Crippen LogP contribution is 2.17. The van der Waals surface area contributed by atoms with Crippen LogP contribution in [0.25, 0.3) is 0 Å². The largest absolute Gasteiger partial charge is 0.384 e. The maximum Gasteiger partial charge on any atom is 0.159 e. The van der Waals surface area contributed by atoms with Crippen molar-refractivity contribution < 1.29 is 9.90 Å². The van der Waals surface area contributed by atoms with Crippen molar-refractivity contribution in [1.29, 1.82) is 0 Å². The quantitative estimate of drug-likeness (QED) is 0.565. The van der Waals surface area contributed by atoms with Crippen LogP contribution in [0.1, 0.15) is 22.8 Å². The highest BCUT2D eigenvalue weighted by molar-refractivity contribution is 6.32. The van der Waals surface area contributed by atoms with Crippen LogP contribution in [0.4, 0.5) is 0 Å². The molecule has 0 heterocycles. The van der Waals surface area contributed by atoms with Gasteiger partial charge in [0.25, 0.3) is 0 Å². The molecule has 1 aromatic rings. The van der Waals surface area contributed by atoms with E-state index in [1.807, 2.05) is 0 Å². The van der Waals surface area contributed by atoms with Crippen LogP contribution in [0.15, 0.2) is 18.2 Å². The van der Waals surface area contributed by atoms with Gasteiger partial charge in [-0.2, -0.15) is 0 Å². The van der Waals surface area contributed by atoms with Gasteiger partial charge in [0.2, 0.25) is 0 Å². The summed E-state index contributed by atoms with van der Waals surface area (Å²) in [6, 6.07) is 4.91. The van der Waals surface area contributed by atoms with Gasteiger partial charge in [-0.05, 0) is 19.1 Å². The molecule has 1 N–H and O–H groups in total. The first kappa shape index (κ1) is 10.8. The van der Waals surface area contributed by atoms with Gasteiger partial charge in [0.05, 0.1) is 5.02 Å². The summed E-state index contributed by atoms with van der Waals surface area (Å²) in [5.74, 6) is 5.14. The van der Waals surface area contributed by atoms with E-state index in [0.717, 1.165) is 0 Å². The Bertz CT molecular complexity index is 413. The molecular weight excluding hydrogens is 200 g/mol. The minimum atomic E-state index is -0.204. The summed E-state index contributed by atoms with van der Waals surface area (Å²) >= 11 is 5.87. The van der Waals surface area contributed by atoms with Crippen molar-refractivity contribution >= 4 is 17.4 Å². The molecule has 1 aromatic carbocycles. The van der Waals surface area contributed by atoms with E-state index >= 15 is 0 Å². The number of halogens is 1. The van der Waals surface area contributed by atoms with Crippen LogP contribution in [-0.4, -0.2) is 17.5 Å².